The lowest BCUT2D eigenvalue weighted by atomic mass is 10.1. The Morgan fingerprint density at radius 3 is 1.87 bits per heavy atom. The number of anilines is 6. The van der Waals surface area contributed by atoms with Gasteiger partial charge in [-0.25, -0.2) is 18.7 Å². The van der Waals surface area contributed by atoms with Crippen LogP contribution >= 0.6 is 15.9 Å². The Balaban J connectivity index is 0.000000184. The zero-order valence-corrected chi connectivity index (χ0v) is 34.5. The third-order valence-electron chi connectivity index (χ3n) is 9.13. The molecule has 3 heterocycles. The molecule has 306 valence electrons. The number of nitrogens with one attached hydrogen (secondary N) is 4. The summed E-state index contributed by atoms with van der Waals surface area (Å²) in [5.41, 5.74) is 7.32. The van der Waals surface area contributed by atoms with Crippen LogP contribution in [-0.4, -0.2) is 26.8 Å². The summed E-state index contributed by atoms with van der Waals surface area (Å²) in [4.78, 5) is 37.5. The molecule has 14 heteroatoms. The molecule has 0 atom stereocenters. The van der Waals surface area contributed by atoms with Crippen LogP contribution in [0, 0.1) is 25.5 Å². The molecule has 2 amide bonds. The average molecular weight is 883 g/mol. The van der Waals surface area contributed by atoms with Gasteiger partial charge in [0.05, 0.1) is 25.2 Å². The second kappa shape index (κ2) is 19.5. The van der Waals surface area contributed by atoms with Crippen molar-refractivity contribution in [1.29, 1.82) is 0 Å². The maximum Gasteiger partial charge on any atom is 0.299 e. The third kappa shape index (κ3) is 11.6. The Kier molecular flexibility index (Phi) is 13.4. The van der Waals surface area contributed by atoms with Crippen LogP contribution in [0.15, 0.2) is 159 Å². The lowest BCUT2D eigenvalue weighted by Gasteiger charge is -2.11. The van der Waals surface area contributed by atoms with Crippen LogP contribution in [0.5, 0.6) is 0 Å². The Hall–Kier alpha value is -7.45. The van der Waals surface area contributed by atoms with E-state index in [0.29, 0.717) is 52.7 Å². The molecule has 0 saturated heterocycles. The highest BCUT2D eigenvalue weighted by Gasteiger charge is 2.14. The van der Waals surface area contributed by atoms with Crippen LogP contribution in [0.25, 0.3) is 22.8 Å². The highest BCUT2D eigenvalue weighted by Crippen LogP contribution is 2.29. The van der Waals surface area contributed by atoms with Crippen LogP contribution in [0.1, 0.15) is 22.3 Å². The van der Waals surface area contributed by atoms with Gasteiger partial charge in [-0.05, 0) is 90.7 Å². The van der Waals surface area contributed by atoms with Gasteiger partial charge in [-0.2, -0.15) is 0 Å². The zero-order valence-electron chi connectivity index (χ0n) is 32.9. The molecule has 0 fully saturated rings. The minimum absolute atomic E-state index is 0.0866. The Labute approximate surface area is 358 Å². The molecule has 0 aliphatic rings. The van der Waals surface area contributed by atoms with Crippen molar-refractivity contribution in [2.24, 2.45) is 0 Å². The number of hydrogen-bond donors (Lipinski definition) is 4. The SMILES string of the molecule is Cc1ccc(NC(=O)Cc2ccc(F)cc2F)cc1Nc1ncc(-c2ccccc2)o1.Cc1ccc(NC(=O)Cc2cccc(Br)c2)cc1Nc1ncc(-c2ccccn2)o1. The number of halogens is 3. The number of rotatable bonds is 12. The number of carbonyl (C=O) groups excluding carboxylic acids is 2. The quantitative estimate of drug-likeness (QED) is 0.0941. The van der Waals surface area contributed by atoms with Crippen LogP contribution in [-0.2, 0) is 22.4 Å². The van der Waals surface area contributed by atoms with Crippen molar-refractivity contribution in [2.75, 3.05) is 21.3 Å². The average Bonchev–Trinajstić information content (AvgIpc) is 3.93. The van der Waals surface area contributed by atoms with Crippen molar-refractivity contribution in [3.63, 3.8) is 0 Å². The van der Waals surface area contributed by atoms with Gasteiger partial charge in [-0.15, -0.1) is 0 Å². The zero-order chi connectivity index (χ0) is 42.7. The van der Waals surface area contributed by atoms with Crippen LogP contribution in [0.2, 0.25) is 0 Å². The normalized spacial score (nSPS) is 10.6. The van der Waals surface area contributed by atoms with Crippen molar-refractivity contribution < 1.29 is 27.2 Å². The van der Waals surface area contributed by atoms with E-state index in [1.165, 1.54) is 6.07 Å². The minimum Gasteiger partial charge on any atom is -0.423 e. The van der Waals surface area contributed by atoms with Crippen molar-refractivity contribution >= 4 is 62.5 Å². The molecule has 0 unspecified atom stereocenters. The molecule has 5 aromatic carbocycles. The van der Waals surface area contributed by atoms with E-state index in [1.54, 1.807) is 30.7 Å². The van der Waals surface area contributed by atoms with Gasteiger partial charge < -0.3 is 30.1 Å². The summed E-state index contributed by atoms with van der Waals surface area (Å²) >= 11 is 3.43. The standard InChI is InChI=1S/C24H19F2N3O2.C23H19BrN4O2/c1-15-7-10-19(28-23(30)11-17-8-9-18(25)12-20(17)26)13-21(15)29-24-27-14-22(31-24)16-5-3-2-4-6-16;1-15-8-9-18(27-22(29)12-16-5-4-6-17(24)11-16)13-20(15)28-23-26-14-21(30-23)19-7-2-3-10-25-19/h2-10,12-14H,11H2,1H3,(H,27,29)(H,28,30);2-11,13-14H,12H2,1H3,(H,26,28)(H,27,29). The third-order valence-corrected chi connectivity index (χ3v) is 9.63. The molecule has 0 radical (unpaired) electrons. The number of amides is 2. The first-order valence-corrected chi connectivity index (χ1v) is 19.8. The molecule has 0 spiro atoms. The van der Waals surface area contributed by atoms with E-state index in [-0.39, 0.29) is 17.9 Å². The highest BCUT2D eigenvalue weighted by atomic mass is 79.9. The highest BCUT2D eigenvalue weighted by molar-refractivity contribution is 9.10. The number of aryl methyl sites for hydroxylation is 2. The van der Waals surface area contributed by atoms with E-state index >= 15 is 0 Å². The first-order valence-electron chi connectivity index (χ1n) is 19.0. The summed E-state index contributed by atoms with van der Waals surface area (Å²) in [6, 6.07) is 37.7. The number of benzene rings is 5. The second-order valence-electron chi connectivity index (χ2n) is 13.8. The number of aromatic nitrogens is 3. The van der Waals surface area contributed by atoms with Crippen molar-refractivity contribution in [3.05, 3.63) is 184 Å². The van der Waals surface area contributed by atoms with Crippen LogP contribution < -0.4 is 21.3 Å². The molecular formula is C47H38BrF2N7O4. The molecule has 3 aromatic heterocycles. The Morgan fingerprint density at radius 2 is 1.25 bits per heavy atom. The van der Waals surface area contributed by atoms with Crippen LogP contribution in [0.4, 0.5) is 43.6 Å². The summed E-state index contributed by atoms with van der Waals surface area (Å²) in [6.07, 6.45) is 5.06. The Bertz CT molecular complexity index is 2780. The molecule has 8 rings (SSSR count). The predicted octanol–water partition coefficient (Wildman–Crippen LogP) is 11.6. The summed E-state index contributed by atoms with van der Waals surface area (Å²) in [5.74, 6) is -0.725. The molecule has 0 aliphatic heterocycles. The molecular weight excluding hydrogens is 844 g/mol. The molecule has 4 N–H and O–H groups in total. The maximum atomic E-state index is 13.8. The fraction of sp³-hybridized carbons (Fsp3) is 0.0851. The van der Waals surface area contributed by atoms with E-state index in [0.717, 1.165) is 44.5 Å². The summed E-state index contributed by atoms with van der Waals surface area (Å²) in [5, 5.41) is 11.9. The van der Waals surface area contributed by atoms with Gasteiger partial charge in [0.1, 0.15) is 17.3 Å². The number of pyridine rings is 1. The second-order valence-corrected chi connectivity index (χ2v) is 14.7. The molecule has 0 aliphatic carbocycles. The Morgan fingerprint density at radius 1 is 0.623 bits per heavy atom. The summed E-state index contributed by atoms with van der Waals surface area (Å²) in [6.45, 7) is 3.88. The van der Waals surface area contributed by atoms with Gasteiger partial charge in [-0.3, -0.25) is 14.6 Å². The van der Waals surface area contributed by atoms with Crippen LogP contribution in [0.3, 0.4) is 0 Å². The molecule has 0 bridgehead atoms. The first kappa shape index (κ1) is 41.7. The lowest BCUT2D eigenvalue weighted by molar-refractivity contribution is -0.116. The van der Waals surface area contributed by atoms with Gasteiger partial charge in [0.15, 0.2) is 11.5 Å². The van der Waals surface area contributed by atoms with E-state index in [2.05, 4.69) is 52.1 Å². The molecule has 11 nitrogen and oxygen atoms in total. The fourth-order valence-electron chi connectivity index (χ4n) is 6.01. The number of carbonyl (C=O) groups is 2. The van der Waals surface area contributed by atoms with Gasteiger partial charge in [0, 0.05) is 45.0 Å². The van der Waals surface area contributed by atoms with Gasteiger partial charge in [-0.1, -0.05) is 82.7 Å². The largest absolute Gasteiger partial charge is 0.423 e. The molecule has 0 saturated carbocycles. The van der Waals surface area contributed by atoms with Gasteiger partial charge >= 0.3 is 0 Å². The number of nitrogens with zero attached hydrogens (tertiary/aromatic N) is 3. The summed E-state index contributed by atoms with van der Waals surface area (Å²) in [7, 11) is 0. The summed E-state index contributed by atoms with van der Waals surface area (Å²) < 4.78 is 39.3. The van der Waals surface area contributed by atoms with Crippen molar-refractivity contribution in [3.8, 4) is 22.8 Å². The molecule has 61 heavy (non-hydrogen) atoms. The number of hydrogen-bond acceptors (Lipinski definition) is 9. The van der Waals surface area contributed by atoms with E-state index < -0.39 is 17.5 Å². The monoisotopic (exact) mass is 881 g/mol. The van der Waals surface area contributed by atoms with Crippen molar-refractivity contribution in [2.45, 2.75) is 26.7 Å². The maximum absolute atomic E-state index is 13.8. The lowest BCUT2D eigenvalue weighted by Crippen LogP contribution is -2.15. The predicted molar refractivity (Wildman–Crippen MR) is 236 cm³/mol. The van der Waals surface area contributed by atoms with E-state index in [1.807, 2.05) is 111 Å². The molecule has 8 aromatic rings. The topological polar surface area (TPSA) is 147 Å². The van der Waals surface area contributed by atoms with Gasteiger partial charge in [0.2, 0.25) is 11.8 Å². The fourth-order valence-corrected chi connectivity index (χ4v) is 6.45. The minimum atomic E-state index is -0.750. The van der Waals surface area contributed by atoms with Gasteiger partial charge in [0.25, 0.3) is 12.0 Å². The smallest absolute Gasteiger partial charge is 0.299 e. The van der Waals surface area contributed by atoms with E-state index in [4.69, 9.17) is 8.83 Å². The van der Waals surface area contributed by atoms with Crippen molar-refractivity contribution in [1.82, 2.24) is 15.0 Å². The van der Waals surface area contributed by atoms with E-state index in [9.17, 15) is 18.4 Å². The number of oxazole rings is 2. The first-order chi connectivity index (χ1) is 29.5.